The lowest BCUT2D eigenvalue weighted by Gasteiger charge is -2.07. The molecule has 0 aliphatic heterocycles. The Kier molecular flexibility index (Phi) is 3.53. The van der Waals surface area contributed by atoms with Crippen molar-refractivity contribution in [1.82, 2.24) is 14.9 Å². The lowest BCUT2D eigenvalue weighted by atomic mass is 10.1. The van der Waals surface area contributed by atoms with Gasteiger partial charge < -0.3 is 9.88 Å². The summed E-state index contributed by atoms with van der Waals surface area (Å²) in [4.78, 5) is 4.28. The molecule has 4 nitrogen and oxygen atoms in total. The predicted molar refractivity (Wildman–Crippen MR) is 65.2 cm³/mol. The summed E-state index contributed by atoms with van der Waals surface area (Å²) in [7, 11) is 1.90. The van der Waals surface area contributed by atoms with Gasteiger partial charge in [-0.25, -0.2) is 4.98 Å². The van der Waals surface area contributed by atoms with Crippen LogP contribution in [0.4, 0.5) is 0 Å². The van der Waals surface area contributed by atoms with Crippen molar-refractivity contribution in [3.05, 3.63) is 53.6 Å². The van der Waals surface area contributed by atoms with Crippen molar-refractivity contribution in [2.24, 2.45) is 0 Å². The Labute approximate surface area is 101 Å². The summed E-state index contributed by atoms with van der Waals surface area (Å²) in [6.07, 6.45) is 3.77. The smallest absolute Gasteiger partial charge is 0.122 e. The van der Waals surface area contributed by atoms with Gasteiger partial charge in [-0.2, -0.15) is 5.26 Å². The second kappa shape index (κ2) is 5.28. The number of benzene rings is 1. The molecular weight excluding hydrogens is 212 g/mol. The van der Waals surface area contributed by atoms with E-state index in [2.05, 4.69) is 20.9 Å². The van der Waals surface area contributed by atoms with E-state index >= 15 is 0 Å². The molecule has 0 bridgehead atoms. The highest BCUT2D eigenvalue weighted by Crippen LogP contribution is 2.07. The Bertz CT molecular complexity index is 519. The van der Waals surface area contributed by atoms with E-state index in [1.807, 2.05) is 37.5 Å². The molecule has 0 saturated heterocycles. The summed E-state index contributed by atoms with van der Waals surface area (Å²) < 4.78 is 2.10. The zero-order chi connectivity index (χ0) is 12.1. The topological polar surface area (TPSA) is 53.6 Å². The van der Waals surface area contributed by atoms with Crippen LogP contribution in [0.1, 0.15) is 17.0 Å². The average Bonchev–Trinajstić information content (AvgIpc) is 2.78. The molecule has 86 valence electrons. The summed E-state index contributed by atoms with van der Waals surface area (Å²) >= 11 is 0. The first-order valence-corrected chi connectivity index (χ1v) is 5.47. The maximum atomic E-state index is 8.73. The number of aromatic nitrogens is 2. The monoisotopic (exact) mass is 226 g/mol. The minimum atomic E-state index is 0.690. The van der Waals surface area contributed by atoms with Crippen molar-refractivity contribution in [2.75, 3.05) is 7.05 Å². The molecule has 0 radical (unpaired) electrons. The molecule has 1 heterocycles. The molecule has 0 saturated carbocycles. The molecule has 17 heavy (non-hydrogen) atoms. The molecule has 2 rings (SSSR count). The number of hydrogen-bond donors (Lipinski definition) is 1. The minimum Gasteiger partial charge on any atom is -0.329 e. The van der Waals surface area contributed by atoms with Crippen LogP contribution in [0.5, 0.6) is 0 Å². The van der Waals surface area contributed by atoms with Gasteiger partial charge >= 0.3 is 0 Å². The highest BCUT2D eigenvalue weighted by Gasteiger charge is 2.02. The van der Waals surface area contributed by atoms with E-state index in [0.29, 0.717) is 5.56 Å². The van der Waals surface area contributed by atoms with Crippen LogP contribution in [0.3, 0.4) is 0 Å². The van der Waals surface area contributed by atoms with Gasteiger partial charge in [0.25, 0.3) is 0 Å². The molecule has 0 aliphatic carbocycles. The second-order valence-corrected chi connectivity index (χ2v) is 3.81. The summed E-state index contributed by atoms with van der Waals surface area (Å²) in [5.41, 5.74) is 1.86. The van der Waals surface area contributed by atoms with Gasteiger partial charge in [0.1, 0.15) is 5.82 Å². The van der Waals surface area contributed by atoms with Crippen molar-refractivity contribution >= 4 is 0 Å². The Morgan fingerprint density at radius 2 is 2.12 bits per heavy atom. The van der Waals surface area contributed by atoms with E-state index in [9.17, 15) is 0 Å². The minimum absolute atomic E-state index is 0.690. The highest BCUT2D eigenvalue weighted by atomic mass is 15.1. The molecular formula is C13H14N4. The molecule has 0 atom stereocenters. The molecule has 0 unspecified atom stereocenters. The third-order valence-corrected chi connectivity index (χ3v) is 2.57. The number of nitriles is 1. The van der Waals surface area contributed by atoms with E-state index in [1.54, 1.807) is 6.20 Å². The Morgan fingerprint density at radius 3 is 2.76 bits per heavy atom. The van der Waals surface area contributed by atoms with Gasteiger partial charge in [0.05, 0.1) is 18.2 Å². The fraction of sp³-hybridized carbons (Fsp3) is 0.231. The summed E-state index contributed by atoms with van der Waals surface area (Å²) in [5, 5.41) is 11.8. The molecule has 2 aromatic rings. The van der Waals surface area contributed by atoms with Crippen LogP contribution in [0.15, 0.2) is 36.7 Å². The van der Waals surface area contributed by atoms with Gasteiger partial charge in [0, 0.05) is 18.9 Å². The zero-order valence-corrected chi connectivity index (χ0v) is 9.72. The lowest BCUT2D eigenvalue weighted by molar-refractivity contribution is 0.673. The number of nitrogens with zero attached hydrogens (tertiary/aromatic N) is 3. The number of rotatable bonds is 4. The van der Waals surface area contributed by atoms with Crippen LogP contribution in [0.2, 0.25) is 0 Å². The Morgan fingerprint density at radius 1 is 1.35 bits per heavy atom. The van der Waals surface area contributed by atoms with Crippen LogP contribution in [-0.4, -0.2) is 16.6 Å². The normalized spacial score (nSPS) is 10.1. The molecule has 0 aliphatic rings. The number of hydrogen-bond acceptors (Lipinski definition) is 3. The van der Waals surface area contributed by atoms with Gasteiger partial charge in [0.15, 0.2) is 0 Å². The highest BCUT2D eigenvalue weighted by molar-refractivity contribution is 5.31. The molecule has 1 aromatic heterocycles. The van der Waals surface area contributed by atoms with Crippen molar-refractivity contribution < 1.29 is 0 Å². The largest absolute Gasteiger partial charge is 0.329 e. The number of nitrogens with one attached hydrogen (secondary N) is 1. The van der Waals surface area contributed by atoms with Crippen LogP contribution >= 0.6 is 0 Å². The SMILES string of the molecule is CNCc1nccn1Cc1ccc(C#N)cc1. The van der Waals surface area contributed by atoms with Crippen LogP contribution < -0.4 is 5.32 Å². The first-order valence-electron chi connectivity index (χ1n) is 5.47. The summed E-state index contributed by atoms with van der Waals surface area (Å²) in [6.45, 7) is 1.53. The van der Waals surface area contributed by atoms with Gasteiger partial charge in [-0.3, -0.25) is 0 Å². The Balaban J connectivity index is 2.14. The predicted octanol–water partition coefficient (Wildman–Crippen LogP) is 1.52. The molecule has 0 amide bonds. The maximum Gasteiger partial charge on any atom is 0.122 e. The van der Waals surface area contributed by atoms with Gasteiger partial charge in [-0.15, -0.1) is 0 Å². The van der Waals surface area contributed by atoms with Crippen molar-refractivity contribution in [3.63, 3.8) is 0 Å². The van der Waals surface area contributed by atoms with Crippen molar-refractivity contribution in [3.8, 4) is 6.07 Å². The average molecular weight is 226 g/mol. The fourth-order valence-electron chi connectivity index (χ4n) is 1.69. The second-order valence-electron chi connectivity index (χ2n) is 3.81. The molecule has 4 heteroatoms. The molecule has 0 spiro atoms. The summed E-state index contributed by atoms with van der Waals surface area (Å²) in [5.74, 6) is 1.01. The first kappa shape index (κ1) is 11.4. The summed E-state index contributed by atoms with van der Waals surface area (Å²) in [6, 6.07) is 9.74. The van der Waals surface area contributed by atoms with E-state index in [4.69, 9.17) is 5.26 Å². The maximum absolute atomic E-state index is 8.73. The molecule has 1 N–H and O–H groups in total. The van der Waals surface area contributed by atoms with Crippen LogP contribution in [0, 0.1) is 11.3 Å². The van der Waals surface area contributed by atoms with Gasteiger partial charge in [-0.1, -0.05) is 12.1 Å². The molecule has 0 fully saturated rings. The van der Waals surface area contributed by atoms with E-state index in [0.717, 1.165) is 18.9 Å². The van der Waals surface area contributed by atoms with E-state index in [1.165, 1.54) is 5.56 Å². The Hall–Kier alpha value is -2.12. The van der Waals surface area contributed by atoms with Gasteiger partial charge in [0.2, 0.25) is 0 Å². The fourth-order valence-corrected chi connectivity index (χ4v) is 1.69. The van der Waals surface area contributed by atoms with Crippen LogP contribution in [0.25, 0.3) is 0 Å². The quantitative estimate of drug-likeness (QED) is 0.860. The van der Waals surface area contributed by atoms with E-state index < -0.39 is 0 Å². The number of imidazole rings is 1. The van der Waals surface area contributed by atoms with Gasteiger partial charge in [-0.05, 0) is 24.7 Å². The molecule has 1 aromatic carbocycles. The third-order valence-electron chi connectivity index (χ3n) is 2.57. The van der Waals surface area contributed by atoms with Crippen molar-refractivity contribution in [2.45, 2.75) is 13.1 Å². The third kappa shape index (κ3) is 2.71. The standard InChI is InChI=1S/C13H14N4/c1-15-9-13-16-6-7-17(13)10-12-4-2-11(8-14)3-5-12/h2-7,15H,9-10H2,1H3. The first-order chi connectivity index (χ1) is 8.33. The van der Waals surface area contributed by atoms with Crippen molar-refractivity contribution in [1.29, 1.82) is 5.26 Å². The lowest BCUT2D eigenvalue weighted by Crippen LogP contribution is -2.12. The zero-order valence-electron chi connectivity index (χ0n) is 9.72. The van der Waals surface area contributed by atoms with E-state index in [-0.39, 0.29) is 0 Å². The van der Waals surface area contributed by atoms with Crippen LogP contribution in [-0.2, 0) is 13.1 Å².